The topological polar surface area (TPSA) is 102 Å². The van der Waals surface area contributed by atoms with Gasteiger partial charge in [-0.15, -0.1) is 0 Å². The fourth-order valence-electron chi connectivity index (χ4n) is 2.58. The fourth-order valence-corrected chi connectivity index (χ4v) is 3.32. The van der Waals surface area contributed by atoms with Crippen LogP contribution < -0.4 is 0 Å². The Morgan fingerprint density at radius 3 is 2.23 bits per heavy atom. The van der Waals surface area contributed by atoms with Gasteiger partial charge in [0.25, 0.3) is 0 Å². The van der Waals surface area contributed by atoms with Crippen LogP contribution in [0.2, 0.25) is 0 Å². The number of phosphoric acid groups is 1. The zero-order chi connectivity index (χ0) is 23.6. The molecule has 2 N–H and O–H groups in total. The Labute approximate surface area is 188 Å². The number of esters is 1. The molecule has 0 aliphatic rings. The fraction of sp³-hybridized carbons (Fsp3) is 0.864. The molecule has 0 bridgehead atoms. The number of unbranched alkanes of at least 4 members (excludes halogenated alkanes) is 7. The number of likely N-dealkylation sites (N-methyl/N-ethyl adjacent to an activating group) is 1. The van der Waals surface area contributed by atoms with Gasteiger partial charge in [0, 0.05) is 6.42 Å². The van der Waals surface area contributed by atoms with E-state index in [9.17, 15) is 19.4 Å². The number of phosphoric ester groups is 1. The van der Waals surface area contributed by atoms with Gasteiger partial charge in [0.15, 0.2) is 0 Å². The van der Waals surface area contributed by atoms with E-state index in [-0.39, 0.29) is 19.2 Å². The molecule has 0 spiro atoms. The van der Waals surface area contributed by atoms with Crippen molar-refractivity contribution in [2.75, 3.05) is 47.5 Å². The molecule has 0 saturated carbocycles. The van der Waals surface area contributed by atoms with Crippen molar-refractivity contribution in [2.45, 2.75) is 77.2 Å². The third-order valence-corrected chi connectivity index (χ3v) is 5.51. The summed E-state index contributed by atoms with van der Waals surface area (Å²) in [5.74, 6) is -0.385. The van der Waals surface area contributed by atoms with Gasteiger partial charge in [-0.1, -0.05) is 51.2 Å². The van der Waals surface area contributed by atoms with Crippen LogP contribution in [0.1, 0.15) is 71.1 Å². The number of hydrogen-bond donors (Lipinski definition) is 2. The number of ether oxygens (including phenoxy) is 1. The molecule has 0 aromatic carbocycles. The van der Waals surface area contributed by atoms with Gasteiger partial charge in [0.1, 0.15) is 25.9 Å². The van der Waals surface area contributed by atoms with Crippen molar-refractivity contribution >= 4 is 13.8 Å². The minimum atomic E-state index is -4.24. The smallest absolute Gasteiger partial charge is 0.463 e. The van der Waals surface area contributed by atoms with Crippen LogP contribution in [0.3, 0.4) is 0 Å². The molecule has 2 unspecified atom stereocenters. The lowest BCUT2D eigenvalue weighted by Crippen LogP contribution is -2.37. The lowest BCUT2D eigenvalue weighted by molar-refractivity contribution is -0.870. The minimum absolute atomic E-state index is 0.0536. The Morgan fingerprint density at radius 1 is 0.968 bits per heavy atom. The Morgan fingerprint density at radius 2 is 1.58 bits per heavy atom. The molecule has 2 atom stereocenters. The van der Waals surface area contributed by atoms with E-state index in [0.717, 1.165) is 32.1 Å². The van der Waals surface area contributed by atoms with Crippen molar-refractivity contribution in [1.29, 1.82) is 0 Å². The lowest BCUT2D eigenvalue weighted by atomic mass is 10.1. The molecule has 0 rings (SSSR count). The van der Waals surface area contributed by atoms with Crippen molar-refractivity contribution in [1.82, 2.24) is 0 Å². The SMILES string of the molecule is CCCC/C=C\CCCCCCCC(=O)OCC(O)COP(=O)(O)OCC[N+](C)(C)C. The zero-order valence-electron chi connectivity index (χ0n) is 20.0. The maximum atomic E-state index is 11.8. The number of carbonyl (C=O) groups is 1. The number of allylic oxidation sites excluding steroid dienone is 2. The number of aliphatic hydroxyl groups excluding tert-OH is 1. The number of nitrogens with zero attached hydrogens (tertiary/aromatic N) is 1. The third kappa shape index (κ3) is 22.2. The predicted molar refractivity (Wildman–Crippen MR) is 123 cm³/mol. The number of quaternary nitrogens is 1. The summed E-state index contributed by atoms with van der Waals surface area (Å²) in [6.45, 7) is 2.06. The van der Waals surface area contributed by atoms with Crippen molar-refractivity contribution in [3.05, 3.63) is 12.2 Å². The average Bonchev–Trinajstić information content (AvgIpc) is 2.67. The lowest BCUT2D eigenvalue weighted by Gasteiger charge is -2.24. The maximum Gasteiger partial charge on any atom is 0.472 e. The van der Waals surface area contributed by atoms with E-state index in [4.69, 9.17) is 13.8 Å². The summed E-state index contributed by atoms with van der Waals surface area (Å²) in [7, 11) is 1.55. The molecule has 0 aliphatic heterocycles. The number of aliphatic hydroxyl groups is 1. The van der Waals surface area contributed by atoms with Crippen LogP contribution in [0.15, 0.2) is 12.2 Å². The van der Waals surface area contributed by atoms with E-state index < -0.39 is 20.5 Å². The van der Waals surface area contributed by atoms with Gasteiger partial charge in [-0.2, -0.15) is 0 Å². The molecule has 0 radical (unpaired) electrons. The van der Waals surface area contributed by atoms with E-state index in [2.05, 4.69) is 19.1 Å². The predicted octanol–water partition coefficient (Wildman–Crippen LogP) is 4.21. The first-order valence-corrected chi connectivity index (χ1v) is 13.0. The molecule has 0 amide bonds. The Bertz CT molecular complexity index is 534. The second-order valence-corrected chi connectivity index (χ2v) is 10.3. The first-order chi connectivity index (χ1) is 14.6. The summed E-state index contributed by atoms with van der Waals surface area (Å²) in [6.07, 6.45) is 13.6. The highest BCUT2D eigenvalue weighted by Crippen LogP contribution is 2.43. The van der Waals surface area contributed by atoms with E-state index in [1.54, 1.807) is 0 Å². The van der Waals surface area contributed by atoms with E-state index >= 15 is 0 Å². The monoisotopic (exact) mass is 466 g/mol. The van der Waals surface area contributed by atoms with Crippen LogP contribution in [0, 0.1) is 0 Å². The molecule has 0 heterocycles. The largest absolute Gasteiger partial charge is 0.472 e. The number of rotatable bonds is 20. The first-order valence-electron chi connectivity index (χ1n) is 11.5. The van der Waals surface area contributed by atoms with Gasteiger partial charge in [-0.05, 0) is 25.7 Å². The van der Waals surface area contributed by atoms with E-state index in [0.29, 0.717) is 17.4 Å². The molecule has 9 heteroatoms. The molecule has 31 heavy (non-hydrogen) atoms. The Balaban J connectivity index is 3.68. The van der Waals surface area contributed by atoms with Crippen molar-refractivity contribution in [3.63, 3.8) is 0 Å². The summed E-state index contributed by atoms with van der Waals surface area (Å²) in [5, 5.41) is 9.78. The second kappa shape index (κ2) is 17.8. The minimum Gasteiger partial charge on any atom is -0.463 e. The van der Waals surface area contributed by atoms with Gasteiger partial charge in [0.05, 0.1) is 27.7 Å². The van der Waals surface area contributed by atoms with Crippen LogP contribution in [0.25, 0.3) is 0 Å². The normalized spacial score (nSPS) is 15.2. The van der Waals surface area contributed by atoms with E-state index in [1.165, 1.54) is 25.7 Å². The molecule has 0 aromatic heterocycles. The highest BCUT2D eigenvalue weighted by molar-refractivity contribution is 7.47. The second-order valence-electron chi connectivity index (χ2n) is 8.87. The molecule has 8 nitrogen and oxygen atoms in total. The summed E-state index contributed by atoms with van der Waals surface area (Å²) in [6, 6.07) is 0. The number of hydrogen-bond acceptors (Lipinski definition) is 6. The highest BCUT2D eigenvalue weighted by Gasteiger charge is 2.24. The molecular weight excluding hydrogens is 421 g/mol. The van der Waals surface area contributed by atoms with Crippen LogP contribution in [0.5, 0.6) is 0 Å². The van der Waals surface area contributed by atoms with Gasteiger partial charge >= 0.3 is 13.8 Å². The van der Waals surface area contributed by atoms with Crippen molar-refractivity contribution < 1.29 is 37.6 Å². The number of carbonyl (C=O) groups excluding carboxylic acids is 1. The van der Waals surface area contributed by atoms with Gasteiger partial charge in [-0.25, -0.2) is 4.57 Å². The Kier molecular flexibility index (Phi) is 17.3. The molecular formula is C22H45NO7P+. The van der Waals surface area contributed by atoms with Crippen LogP contribution in [0.4, 0.5) is 0 Å². The van der Waals surface area contributed by atoms with Crippen LogP contribution in [-0.2, 0) is 23.1 Å². The Hall–Kier alpha value is -0.760. The van der Waals surface area contributed by atoms with Gasteiger partial charge in [-0.3, -0.25) is 13.8 Å². The van der Waals surface area contributed by atoms with E-state index in [1.807, 2.05) is 21.1 Å². The van der Waals surface area contributed by atoms with Crippen molar-refractivity contribution in [3.8, 4) is 0 Å². The first kappa shape index (κ1) is 30.2. The average molecular weight is 467 g/mol. The quantitative estimate of drug-likeness (QED) is 0.0911. The molecule has 184 valence electrons. The highest BCUT2D eigenvalue weighted by atomic mass is 31.2. The van der Waals surface area contributed by atoms with Crippen LogP contribution in [-0.4, -0.2) is 74.1 Å². The summed E-state index contributed by atoms with van der Waals surface area (Å²) in [4.78, 5) is 21.3. The zero-order valence-corrected chi connectivity index (χ0v) is 20.9. The standard InChI is InChI=1S/C22H44NO7P/c1-5-6-7-8-9-10-11-12-13-14-15-16-22(25)28-19-21(24)20-30-31(26,27)29-18-17-23(2,3)4/h8-9,21,24H,5-7,10-20H2,1-4H3/p+1/b9-8-. The molecule has 0 aromatic rings. The molecule has 0 fully saturated rings. The van der Waals surface area contributed by atoms with Gasteiger partial charge in [0.2, 0.25) is 0 Å². The maximum absolute atomic E-state index is 11.8. The van der Waals surface area contributed by atoms with Crippen molar-refractivity contribution in [2.24, 2.45) is 0 Å². The molecule has 0 aliphatic carbocycles. The molecule has 0 saturated heterocycles. The summed E-state index contributed by atoms with van der Waals surface area (Å²) >= 11 is 0. The summed E-state index contributed by atoms with van der Waals surface area (Å²) in [5.41, 5.74) is 0. The summed E-state index contributed by atoms with van der Waals surface area (Å²) < 4.78 is 26.9. The van der Waals surface area contributed by atoms with Gasteiger partial charge < -0.3 is 19.2 Å². The van der Waals surface area contributed by atoms with Crippen LogP contribution >= 0.6 is 7.82 Å². The third-order valence-electron chi connectivity index (χ3n) is 4.53.